The molecule has 0 aromatic heterocycles. The maximum atomic E-state index is 13.1. The second-order valence-electron chi connectivity index (χ2n) is 5.98. The highest BCUT2D eigenvalue weighted by atomic mass is 35.5. The Labute approximate surface area is 167 Å². The smallest absolute Gasteiger partial charge is 0.123 e. The van der Waals surface area contributed by atoms with Crippen molar-refractivity contribution in [3.8, 4) is 0 Å². The first kappa shape index (κ1) is 19.3. The molecule has 0 N–H and O–H groups in total. The monoisotopic (exact) mass is 400 g/mol. The summed E-state index contributed by atoms with van der Waals surface area (Å²) in [6, 6.07) is 21.7. The van der Waals surface area contributed by atoms with E-state index in [0.717, 1.165) is 5.56 Å². The predicted octanol–water partition coefficient (Wildman–Crippen LogP) is 7.61. The Morgan fingerprint density at radius 3 is 1.44 bits per heavy atom. The average molecular weight is 401 g/mol. The highest BCUT2D eigenvalue weighted by Gasteiger charge is 2.10. The van der Waals surface area contributed by atoms with Gasteiger partial charge in [0, 0.05) is 16.0 Å². The van der Waals surface area contributed by atoms with Gasteiger partial charge in [-0.3, -0.25) is 0 Å². The van der Waals surface area contributed by atoms with E-state index >= 15 is 0 Å². The van der Waals surface area contributed by atoms with E-state index in [1.165, 1.54) is 24.3 Å². The Bertz CT molecular complexity index is 882. The molecule has 0 bridgehead atoms. The summed E-state index contributed by atoms with van der Waals surface area (Å²) in [5, 5.41) is 0.979. The molecule has 3 aromatic carbocycles. The van der Waals surface area contributed by atoms with Crippen LogP contribution < -0.4 is 0 Å². The van der Waals surface area contributed by atoms with Crippen LogP contribution in [-0.4, -0.2) is 0 Å². The molecule has 0 radical (unpaired) electrons. The van der Waals surface area contributed by atoms with Gasteiger partial charge in [-0.15, -0.1) is 0 Å². The molecule has 1 unspecified atom stereocenters. The van der Waals surface area contributed by atoms with Gasteiger partial charge in [0.05, 0.1) is 0 Å². The molecule has 27 heavy (non-hydrogen) atoms. The quantitative estimate of drug-likeness (QED) is 0.413. The van der Waals surface area contributed by atoms with E-state index in [1.807, 2.05) is 42.5 Å². The molecule has 3 rings (SSSR count). The summed E-state index contributed by atoms with van der Waals surface area (Å²) < 4.78 is 26.3. The second-order valence-corrected chi connectivity index (χ2v) is 6.79. The van der Waals surface area contributed by atoms with Gasteiger partial charge < -0.3 is 0 Å². The molecule has 3 aromatic rings. The van der Waals surface area contributed by atoms with Gasteiger partial charge in [-0.05, 0) is 41.0 Å². The minimum atomic E-state index is -0.318. The van der Waals surface area contributed by atoms with Crippen LogP contribution in [0.2, 0.25) is 0 Å². The minimum absolute atomic E-state index is 0.207. The van der Waals surface area contributed by atoms with E-state index in [0.29, 0.717) is 21.2 Å². The molecular formula is C23H16Cl2F2. The molecule has 0 spiro atoms. The van der Waals surface area contributed by atoms with Crippen molar-refractivity contribution < 1.29 is 8.78 Å². The number of hydrogen-bond acceptors (Lipinski definition) is 0. The fraction of sp³-hybridized carbons (Fsp3) is 0.0435. The summed E-state index contributed by atoms with van der Waals surface area (Å²) in [5.74, 6) is -0.842. The normalized spacial score (nSPS) is 13.5. The third-order valence-corrected chi connectivity index (χ3v) is 4.76. The fourth-order valence-corrected chi connectivity index (χ4v) is 3.17. The van der Waals surface area contributed by atoms with Crippen LogP contribution in [0.4, 0.5) is 8.78 Å². The summed E-state index contributed by atoms with van der Waals surface area (Å²) in [6.07, 6.45) is 3.71. The van der Waals surface area contributed by atoms with Crippen molar-refractivity contribution in [2.24, 2.45) is 0 Å². The van der Waals surface area contributed by atoms with Crippen LogP contribution in [0, 0.1) is 11.6 Å². The lowest BCUT2D eigenvalue weighted by Gasteiger charge is -2.12. The molecule has 1 atom stereocenters. The molecule has 0 aliphatic heterocycles. The molecule has 0 amide bonds. The Balaban J connectivity index is 1.98. The standard InChI is InChI=1S/C23H16Cl2F2/c24-22(17-6-10-20(26)11-7-17)14-19(16-4-2-1-3-5-16)15-23(25)18-8-12-21(27)13-9-18/h1-15,19H/b22-14-,23-15+. The molecule has 0 fully saturated rings. The lowest BCUT2D eigenvalue weighted by molar-refractivity contribution is 0.627. The van der Waals surface area contributed by atoms with Crippen molar-refractivity contribution in [1.82, 2.24) is 0 Å². The maximum Gasteiger partial charge on any atom is 0.123 e. The molecule has 4 heteroatoms. The average Bonchev–Trinajstić information content (AvgIpc) is 2.69. The Morgan fingerprint density at radius 2 is 1.04 bits per heavy atom. The fourth-order valence-electron chi connectivity index (χ4n) is 2.64. The molecule has 0 nitrogen and oxygen atoms in total. The molecule has 0 saturated heterocycles. The lowest BCUT2D eigenvalue weighted by atomic mass is 9.96. The van der Waals surface area contributed by atoms with Crippen LogP contribution in [0.3, 0.4) is 0 Å². The van der Waals surface area contributed by atoms with Crippen LogP contribution in [0.15, 0.2) is 91.0 Å². The van der Waals surface area contributed by atoms with E-state index in [-0.39, 0.29) is 17.6 Å². The Hall–Kier alpha value is -2.42. The molecule has 136 valence electrons. The van der Waals surface area contributed by atoms with Gasteiger partial charge in [0.2, 0.25) is 0 Å². The third kappa shape index (κ3) is 5.29. The van der Waals surface area contributed by atoms with Crippen LogP contribution >= 0.6 is 23.2 Å². The zero-order valence-electron chi connectivity index (χ0n) is 14.2. The SMILES string of the molecule is Fc1ccc(/C(Cl)=C/C(/C=C(/Cl)c2ccc(F)cc2)c2ccccc2)cc1. The Morgan fingerprint density at radius 1 is 0.630 bits per heavy atom. The molecule has 0 aliphatic carbocycles. The first-order valence-electron chi connectivity index (χ1n) is 8.34. The summed E-state index contributed by atoms with van der Waals surface area (Å²) >= 11 is 12.9. The van der Waals surface area contributed by atoms with Crippen molar-refractivity contribution in [2.45, 2.75) is 5.92 Å². The largest absolute Gasteiger partial charge is 0.207 e. The maximum absolute atomic E-state index is 13.1. The molecule has 0 saturated carbocycles. The highest BCUT2D eigenvalue weighted by molar-refractivity contribution is 6.49. The second kappa shape index (κ2) is 8.98. The number of rotatable bonds is 5. The van der Waals surface area contributed by atoms with Crippen molar-refractivity contribution in [1.29, 1.82) is 0 Å². The van der Waals surface area contributed by atoms with Crippen LogP contribution in [0.5, 0.6) is 0 Å². The van der Waals surface area contributed by atoms with Crippen molar-refractivity contribution >= 4 is 33.3 Å². The number of allylic oxidation sites excluding steroid dienone is 2. The van der Waals surface area contributed by atoms with Crippen LogP contribution in [-0.2, 0) is 0 Å². The Kier molecular flexibility index (Phi) is 6.44. The summed E-state index contributed by atoms with van der Waals surface area (Å²) in [5.41, 5.74) is 2.42. The minimum Gasteiger partial charge on any atom is -0.207 e. The highest BCUT2D eigenvalue weighted by Crippen LogP contribution is 2.31. The van der Waals surface area contributed by atoms with Crippen LogP contribution in [0.1, 0.15) is 22.6 Å². The van der Waals surface area contributed by atoms with Gasteiger partial charge in [-0.2, -0.15) is 0 Å². The number of halogens is 4. The van der Waals surface area contributed by atoms with Crippen LogP contribution in [0.25, 0.3) is 10.1 Å². The zero-order valence-corrected chi connectivity index (χ0v) is 15.8. The van der Waals surface area contributed by atoms with Gasteiger partial charge in [-0.25, -0.2) is 8.78 Å². The van der Waals surface area contributed by atoms with Crippen molar-refractivity contribution in [3.63, 3.8) is 0 Å². The zero-order chi connectivity index (χ0) is 19.2. The molecular weight excluding hydrogens is 385 g/mol. The van der Waals surface area contributed by atoms with Gasteiger partial charge in [0.25, 0.3) is 0 Å². The van der Waals surface area contributed by atoms with Gasteiger partial charge in [0.15, 0.2) is 0 Å². The van der Waals surface area contributed by atoms with Gasteiger partial charge >= 0.3 is 0 Å². The van der Waals surface area contributed by atoms with Crippen molar-refractivity contribution in [3.05, 3.63) is 119 Å². The molecule has 0 heterocycles. The predicted molar refractivity (Wildman–Crippen MR) is 110 cm³/mol. The summed E-state index contributed by atoms with van der Waals surface area (Å²) in [4.78, 5) is 0. The molecule has 0 aliphatic rings. The summed E-state index contributed by atoms with van der Waals surface area (Å²) in [6.45, 7) is 0. The van der Waals surface area contributed by atoms with Gasteiger partial charge in [-0.1, -0.05) is 90.0 Å². The summed E-state index contributed by atoms with van der Waals surface area (Å²) in [7, 11) is 0. The van der Waals surface area contributed by atoms with Gasteiger partial charge in [0.1, 0.15) is 11.6 Å². The topological polar surface area (TPSA) is 0 Å². The van der Waals surface area contributed by atoms with E-state index < -0.39 is 0 Å². The first-order valence-corrected chi connectivity index (χ1v) is 9.10. The lowest BCUT2D eigenvalue weighted by Crippen LogP contribution is -1.93. The third-order valence-electron chi connectivity index (χ3n) is 4.08. The first-order chi connectivity index (χ1) is 13.0. The van der Waals surface area contributed by atoms with Crippen molar-refractivity contribution in [2.75, 3.05) is 0 Å². The number of benzene rings is 3. The van der Waals surface area contributed by atoms with E-state index in [4.69, 9.17) is 23.2 Å². The number of hydrogen-bond donors (Lipinski definition) is 0. The van der Waals surface area contributed by atoms with E-state index in [9.17, 15) is 8.78 Å². The van der Waals surface area contributed by atoms with E-state index in [1.54, 1.807) is 24.3 Å². The van der Waals surface area contributed by atoms with E-state index in [2.05, 4.69) is 0 Å².